The van der Waals surface area contributed by atoms with Crippen molar-refractivity contribution < 1.29 is 5.11 Å². The third kappa shape index (κ3) is 1.62. The van der Waals surface area contributed by atoms with Gasteiger partial charge in [0.05, 0.1) is 6.10 Å². The lowest BCUT2D eigenvalue weighted by Crippen LogP contribution is -2.34. The minimum Gasteiger partial charge on any atom is -0.393 e. The van der Waals surface area contributed by atoms with E-state index >= 15 is 0 Å². The lowest BCUT2D eigenvalue weighted by Gasteiger charge is -2.39. The maximum absolute atomic E-state index is 10.0. The third-order valence-electron chi connectivity index (χ3n) is 7.07. The van der Waals surface area contributed by atoms with Gasteiger partial charge >= 0.3 is 0 Å². The molecule has 2 aliphatic rings. The van der Waals surface area contributed by atoms with Crippen LogP contribution in [0.15, 0.2) is 11.6 Å². The van der Waals surface area contributed by atoms with Gasteiger partial charge in [-0.3, -0.25) is 0 Å². The van der Waals surface area contributed by atoms with Gasteiger partial charge in [-0.25, -0.2) is 0 Å². The Morgan fingerprint density at radius 2 is 1.72 bits per heavy atom. The zero-order chi connectivity index (χ0) is 13.9. The summed E-state index contributed by atoms with van der Waals surface area (Å²) in [7, 11) is 0. The van der Waals surface area contributed by atoms with Crippen LogP contribution in [0.3, 0.4) is 0 Å². The first-order valence-corrected chi connectivity index (χ1v) is 7.42. The minimum atomic E-state index is -0.191. The number of rotatable bonds is 3. The molecular weight excluding hydrogens is 220 g/mol. The molecule has 0 saturated heterocycles. The van der Waals surface area contributed by atoms with Gasteiger partial charge in [-0.2, -0.15) is 0 Å². The first-order chi connectivity index (χ1) is 8.07. The summed E-state index contributed by atoms with van der Waals surface area (Å²) >= 11 is 0. The Labute approximate surface area is 113 Å². The third-order valence-corrected chi connectivity index (χ3v) is 7.07. The van der Waals surface area contributed by atoms with Crippen LogP contribution in [0, 0.1) is 28.1 Å². The average Bonchev–Trinajstić information content (AvgIpc) is 2.73. The van der Waals surface area contributed by atoms with Crippen molar-refractivity contribution in [2.45, 2.75) is 67.4 Å². The Balaban J connectivity index is 2.19. The zero-order valence-electron chi connectivity index (χ0n) is 13.2. The van der Waals surface area contributed by atoms with Gasteiger partial charge in [0.1, 0.15) is 0 Å². The number of aliphatic hydroxyl groups is 1. The van der Waals surface area contributed by atoms with Crippen LogP contribution < -0.4 is 0 Å². The molecule has 1 saturated carbocycles. The predicted octanol–water partition coefficient (Wildman–Crippen LogP) is 4.41. The highest BCUT2D eigenvalue weighted by Gasteiger charge is 2.67. The summed E-state index contributed by atoms with van der Waals surface area (Å²) in [6.07, 6.45) is 4.62. The van der Waals surface area contributed by atoms with Crippen molar-refractivity contribution in [3.63, 3.8) is 0 Å². The number of aliphatic hydroxyl groups excluding tert-OH is 1. The largest absolute Gasteiger partial charge is 0.393 e. The van der Waals surface area contributed by atoms with Crippen molar-refractivity contribution in [3.8, 4) is 0 Å². The van der Waals surface area contributed by atoms with E-state index in [1.807, 2.05) is 6.92 Å². The van der Waals surface area contributed by atoms with Crippen molar-refractivity contribution in [1.29, 1.82) is 0 Å². The van der Waals surface area contributed by atoms with E-state index in [1.54, 1.807) is 5.57 Å². The second-order valence-electron chi connectivity index (χ2n) is 7.93. The van der Waals surface area contributed by atoms with Crippen molar-refractivity contribution in [2.75, 3.05) is 0 Å². The summed E-state index contributed by atoms with van der Waals surface area (Å²) in [5.74, 6) is 1.39. The maximum atomic E-state index is 10.0. The van der Waals surface area contributed by atoms with Crippen LogP contribution in [0.2, 0.25) is 0 Å². The molecule has 0 amide bonds. The number of allylic oxidation sites excluding steroid dienone is 2. The standard InChI is InChI=1S/C17H30O/c1-11-8-9-14(15(11,4)5)12(2)16(6)10-17(16,7)13(3)18/h8,12-14,18H,9-10H2,1-7H3. The van der Waals surface area contributed by atoms with E-state index in [0.29, 0.717) is 16.7 Å². The highest BCUT2D eigenvalue weighted by atomic mass is 16.3. The minimum absolute atomic E-state index is 0.124. The molecule has 2 aliphatic carbocycles. The summed E-state index contributed by atoms with van der Waals surface area (Å²) in [5, 5.41) is 10.0. The lowest BCUT2D eigenvalue weighted by atomic mass is 9.65. The highest BCUT2D eigenvalue weighted by molar-refractivity contribution is 5.23. The second-order valence-corrected chi connectivity index (χ2v) is 7.93. The molecular formula is C17H30O. The molecule has 0 aliphatic heterocycles. The molecule has 0 aromatic carbocycles. The molecule has 0 heterocycles. The molecule has 0 bridgehead atoms. The van der Waals surface area contributed by atoms with Gasteiger partial charge < -0.3 is 5.11 Å². The van der Waals surface area contributed by atoms with Gasteiger partial charge in [0.15, 0.2) is 0 Å². The fraction of sp³-hybridized carbons (Fsp3) is 0.882. The van der Waals surface area contributed by atoms with Crippen LogP contribution in [0.1, 0.15) is 61.3 Å². The average molecular weight is 250 g/mol. The van der Waals surface area contributed by atoms with E-state index in [4.69, 9.17) is 0 Å². The lowest BCUT2D eigenvalue weighted by molar-refractivity contribution is 0.0541. The molecule has 0 aromatic rings. The summed E-state index contributed by atoms with van der Waals surface area (Å²) < 4.78 is 0. The highest BCUT2D eigenvalue weighted by Crippen LogP contribution is 2.72. The Morgan fingerprint density at radius 3 is 2.06 bits per heavy atom. The molecule has 0 aromatic heterocycles. The van der Waals surface area contributed by atoms with Crippen LogP contribution in [0.5, 0.6) is 0 Å². The topological polar surface area (TPSA) is 20.2 Å². The Kier molecular flexibility index (Phi) is 3.02. The molecule has 1 fully saturated rings. The Hall–Kier alpha value is -0.300. The van der Waals surface area contributed by atoms with Crippen LogP contribution in [0.4, 0.5) is 0 Å². The molecule has 5 unspecified atom stereocenters. The Bertz CT molecular complexity index is 379. The molecule has 0 radical (unpaired) electrons. The van der Waals surface area contributed by atoms with E-state index in [2.05, 4.69) is 47.6 Å². The van der Waals surface area contributed by atoms with E-state index in [-0.39, 0.29) is 11.5 Å². The van der Waals surface area contributed by atoms with Crippen molar-refractivity contribution in [2.24, 2.45) is 28.1 Å². The van der Waals surface area contributed by atoms with Crippen LogP contribution in [0.25, 0.3) is 0 Å². The SMILES string of the molecule is CC1=CCC(C(C)C2(C)CC2(C)C(C)O)C1(C)C. The monoisotopic (exact) mass is 250 g/mol. The van der Waals surface area contributed by atoms with Crippen molar-refractivity contribution >= 4 is 0 Å². The van der Waals surface area contributed by atoms with Crippen LogP contribution in [-0.4, -0.2) is 11.2 Å². The second kappa shape index (κ2) is 3.85. The molecule has 1 heteroatoms. The van der Waals surface area contributed by atoms with Crippen LogP contribution >= 0.6 is 0 Å². The fourth-order valence-corrected chi connectivity index (χ4v) is 4.45. The van der Waals surface area contributed by atoms with Crippen molar-refractivity contribution in [1.82, 2.24) is 0 Å². The first kappa shape index (κ1) is 14.1. The van der Waals surface area contributed by atoms with E-state index in [1.165, 1.54) is 12.8 Å². The number of hydrogen-bond donors (Lipinski definition) is 1. The van der Waals surface area contributed by atoms with E-state index < -0.39 is 0 Å². The zero-order valence-corrected chi connectivity index (χ0v) is 13.2. The van der Waals surface area contributed by atoms with Crippen molar-refractivity contribution in [3.05, 3.63) is 11.6 Å². The molecule has 2 rings (SSSR count). The van der Waals surface area contributed by atoms with E-state index in [9.17, 15) is 5.11 Å². The molecule has 1 N–H and O–H groups in total. The molecule has 5 atom stereocenters. The smallest absolute Gasteiger partial charge is 0.0571 e. The quantitative estimate of drug-likeness (QED) is 0.736. The maximum Gasteiger partial charge on any atom is 0.0571 e. The predicted molar refractivity (Wildman–Crippen MR) is 77.3 cm³/mol. The van der Waals surface area contributed by atoms with Gasteiger partial charge in [0.2, 0.25) is 0 Å². The van der Waals surface area contributed by atoms with Gasteiger partial charge in [-0.05, 0) is 54.8 Å². The Morgan fingerprint density at radius 1 is 1.17 bits per heavy atom. The molecule has 1 nitrogen and oxygen atoms in total. The molecule has 0 spiro atoms. The van der Waals surface area contributed by atoms with Gasteiger partial charge in [0.25, 0.3) is 0 Å². The fourth-order valence-electron chi connectivity index (χ4n) is 4.45. The van der Waals surface area contributed by atoms with Gasteiger partial charge in [-0.15, -0.1) is 0 Å². The molecule has 18 heavy (non-hydrogen) atoms. The number of hydrogen-bond acceptors (Lipinski definition) is 1. The first-order valence-electron chi connectivity index (χ1n) is 7.42. The van der Waals surface area contributed by atoms with E-state index in [0.717, 1.165) is 5.92 Å². The molecule has 104 valence electrons. The summed E-state index contributed by atoms with van der Waals surface area (Å²) in [4.78, 5) is 0. The van der Waals surface area contributed by atoms with Gasteiger partial charge in [0, 0.05) is 0 Å². The summed E-state index contributed by atoms with van der Waals surface area (Å²) in [5.41, 5.74) is 2.30. The van der Waals surface area contributed by atoms with Crippen LogP contribution in [-0.2, 0) is 0 Å². The summed E-state index contributed by atoms with van der Waals surface area (Å²) in [6.45, 7) is 16.1. The normalized spacial score (nSPS) is 45.6. The summed E-state index contributed by atoms with van der Waals surface area (Å²) in [6, 6.07) is 0. The van der Waals surface area contributed by atoms with Gasteiger partial charge in [-0.1, -0.05) is 46.3 Å².